The zero-order valence-corrected chi connectivity index (χ0v) is 17.6. The zero-order valence-electron chi connectivity index (χ0n) is 16.8. The first-order valence-electron chi connectivity index (χ1n) is 9.58. The minimum absolute atomic E-state index is 0.0146. The Hall–Kier alpha value is -2.65. The number of hydrogen-bond donors (Lipinski definition) is 2. The van der Waals surface area contributed by atoms with Gasteiger partial charge in [-0.05, 0) is 38.2 Å². The Kier molecular flexibility index (Phi) is 6.94. The van der Waals surface area contributed by atoms with Crippen LogP contribution in [0.1, 0.15) is 25.0 Å². The number of hydrogen-bond acceptors (Lipinski definition) is 4. The Morgan fingerprint density at radius 3 is 2.43 bits per heavy atom. The lowest BCUT2D eigenvalue weighted by Crippen LogP contribution is -2.56. The van der Waals surface area contributed by atoms with Crippen molar-refractivity contribution in [3.05, 3.63) is 65.0 Å². The van der Waals surface area contributed by atoms with Gasteiger partial charge in [-0.25, -0.2) is 13.2 Å². The second-order valence-corrected chi connectivity index (χ2v) is 7.87. The molecule has 0 saturated carbocycles. The van der Waals surface area contributed by atoms with E-state index in [2.05, 4.69) is 27.6 Å². The Labute approximate surface area is 179 Å². The normalized spacial score (nSPS) is 20.0. The summed E-state index contributed by atoms with van der Waals surface area (Å²) in [7, 11) is 0. The van der Waals surface area contributed by atoms with E-state index in [1.165, 1.54) is 12.1 Å². The average molecular weight is 436 g/mol. The molecule has 160 valence electrons. The molecule has 0 amide bonds. The lowest BCUT2D eigenvalue weighted by atomic mass is 10.0. The van der Waals surface area contributed by atoms with Crippen LogP contribution in [-0.4, -0.2) is 41.4 Å². The van der Waals surface area contributed by atoms with Crippen LogP contribution in [0.5, 0.6) is 0 Å². The van der Waals surface area contributed by atoms with Crippen molar-refractivity contribution < 1.29 is 13.2 Å². The number of piperazine rings is 1. The summed E-state index contributed by atoms with van der Waals surface area (Å²) in [4.78, 5) is 3.99. The van der Waals surface area contributed by atoms with Gasteiger partial charge < -0.3 is 10.6 Å². The molecule has 3 rings (SSSR count). The van der Waals surface area contributed by atoms with Crippen molar-refractivity contribution >= 4 is 29.2 Å². The fourth-order valence-electron chi connectivity index (χ4n) is 3.75. The van der Waals surface area contributed by atoms with E-state index in [9.17, 15) is 13.2 Å². The second kappa shape index (κ2) is 9.44. The maximum atomic E-state index is 14.7. The van der Waals surface area contributed by atoms with Gasteiger partial charge in [0.1, 0.15) is 17.5 Å². The first-order valence-corrected chi connectivity index (χ1v) is 9.98. The summed E-state index contributed by atoms with van der Waals surface area (Å²) in [5.74, 6) is -1.39. The number of thiocarbonyl (C=S) groups is 1. The number of rotatable bonds is 5. The van der Waals surface area contributed by atoms with Crippen molar-refractivity contribution in [1.29, 1.82) is 0 Å². The number of hydrazone groups is 1. The first kappa shape index (κ1) is 22.0. The van der Waals surface area contributed by atoms with Gasteiger partial charge in [-0.2, -0.15) is 5.10 Å². The van der Waals surface area contributed by atoms with Crippen molar-refractivity contribution in [2.24, 2.45) is 10.8 Å². The molecule has 1 aliphatic heterocycles. The fraction of sp³-hybridized carbons (Fsp3) is 0.333. The molecule has 2 aromatic rings. The number of nitrogens with one attached hydrogen (secondary N) is 1. The highest BCUT2D eigenvalue weighted by molar-refractivity contribution is 7.80. The Balaban J connectivity index is 1.75. The van der Waals surface area contributed by atoms with E-state index in [0.717, 1.165) is 12.3 Å². The molecule has 1 aliphatic rings. The molecule has 0 aliphatic carbocycles. The quantitative estimate of drug-likeness (QED) is 0.429. The molecule has 1 heterocycles. The summed E-state index contributed by atoms with van der Waals surface area (Å²) < 4.78 is 43.3. The van der Waals surface area contributed by atoms with Gasteiger partial charge in [-0.3, -0.25) is 10.3 Å². The van der Waals surface area contributed by atoms with Gasteiger partial charge in [0.15, 0.2) is 5.11 Å². The smallest absolute Gasteiger partial charge is 0.184 e. The molecule has 2 atom stereocenters. The molecule has 0 unspecified atom stereocenters. The van der Waals surface area contributed by atoms with Crippen molar-refractivity contribution in [2.75, 3.05) is 18.0 Å². The molecule has 3 N–H and O–H groups in total. The number of anilines is 1. The third-order valence-corrected chi connectivity index (χ3v) is 5.29. The van der Waals surface area contributed by atoms with Crippen LogP contribution in [0.3, 0.4) is 0 Å². The van der Waals surface area contributed by atoms with Gasteiger partial charge in [0.2, 0.25) is 0 Å². The molecule has 0 radical (unpaired) electrons. The standard InChI is InChI=1S/C21H24F3N5S/c1-13-10-28(11-14(2)29(13)12-15-5-3-4-6-17(15)22)20-8-18(23)16(7-19(20)24)9-26-27-21(25)30/h3-9,13-14H,10-12H2,1-2H3,(H3,25,27,30)/b26-9+/t13-,14+. The van der Waals surface area contributed by atoms with Gasteiger partial charge in [-0.1, -0.05) is 18.2 Å². The van der Waals surface area contributed by atoms with E-state index >= 15 is 0 Å². The number of halogens is 3. The topological polar surface area (TPSA) is 56.9 Å². The van der Waals surface area contributed by atoms with Crippen molar-refractivity contribution in [3.63, 3.8) is 0 Å². The van der Waals surface area contributed by atoms with Crippen LogP contribution >= 0.6 is 12.2 Å². The summed E-state index contributed by atoms with van der Waals surface area (Å²) in [6.45, 7) is 5.45. The lowest BCUT2D eigenvalue weighted by Gasteiger charge is -2.45. The number of nitrogens with zero attached hydrogens (tertiary/aromatic N) is 3. The molecular weight excluding hydrogens is 411 g/mol. The predicted octanol–water partition coefficient (Wildman–Crippen LogP) is 3.37. The van der Waals surface area contributed by atoms with E-state index in [1.807, 2.05) is 24.8 Å². The van der Waals surface area contributed by atoms with Gasteiger partial charge in [-0.15, -0.1) is 0 Å². The van der Waals surface area contributed by atoms with Gasteiger partial charge >= 0.3 is 0 Å². The lowest BCUT2D eigenvalue weighted by molar-refractivity contribution is 0.121. The number of nitrogens with two attached hydrogens (primary N) is 1. The van der Waals surface area contributed by atoms with Crippen molar-refractivity contribution in [2.45, 2.75) is 32.5 Å². The van der Waals surface area contributed by atoms with Gasteiger partial charge in [0.25, 0.3) is 0 Å². The highest BCUT2D eigenvalue weighted by Crippen LogP contribution is 2.28. The highest BCUT2D eigenvalue weighted by Gasteiger charge is 2.31. The van der Waals surface area contributed by atoms with Crippen molar-refractivity contribution in [3.8, 4) is 0 Å². The maximum Gasteiger partial charge on any atom is 0.184 e. The summed E-state index contributed by atoms with van der Waals surface area (Å²) in [6.07, 6.45) is 1.12. The minimum Gasteiger partial charge on any atom is -0.375 e. The van der Waals surface area contributed by atoms with Gasteiger partial charge in [0.05, 0.1) is 11.9 Å². The molecule has 0 aromatic heterocycles. The summed E-state index contributed by atoms with van der Waals surface area (Å²) in [5.41, 5.74) is 8.35. The summed E-state index contributed by atoms with van der Waals surface area (Å²) in [5, 5.41) is 3.60. The highest BCUT2D eigenvalue weighted by atomic mass is 32.1. The fourth-order valence-corrected chi connectivity index (χ4v) is 3.80. The average Bonchev–Trinajstić information content (AvgIpc) is 2.68. The molecule has 30 heavy (non-hydrogen) atoms. The SMILES string of the molecule is C[C@@H]1CN(c2cc(F)c(/C=N/NC(N)=S)cc2F)C[C@H](C)N1Cc1ccccc1F. The third kappa shape index (κ3) is 5.09. The van der Waals surface area contributed by atoms with E-state index < -0.39 is 11.6 Å². The van der Waals surface area contributed by atoms with E-state index in [4.69, 9.17) is 5.73 Å². The van der Waals surface area contributed by atoms with Crippen LogP contribution < -0.4 is 16.1 Å². The monoisotopic (exact) mass is 435 g/mol. The molecule has 9 heteroatoms. The predicted molar refractivity (Wildman–Crippen MR) is 117 cm³/mol. The van der Waals surface area contributed by atoms with Crippen LogP contribution in [0, 0.1) is 17.5 Å². The van der Waals surface area contributed by atoms with Crippen LogP contribution in [0.15, 0.2) is 41.5 Å². The first-order chi connectivity index (χ1) is 14.3. The Morgan fingerprint density at radius 1 is 1.13 bits per heavy atom. The maximum absolute atomic E-state index is 14.7. The summed E-state index contributed by atoms with van der Waals surface area (Å²) >= 11 is 4.61. The molecule has 2 aromatic carbocycles. The van der Waals surface area contributed by atoms with E-state index in [1.54, 1.807) is 12.1 Å². The summed E-state index contributed by atoms with van der Waals surface area (Å²) in [6, 6.07) is 8.99. The second-order valence-electron chi connectivity index (χ2n) is 7.43. The van der Waals surface area contributed by atoms with E-state index in [-0.39, 0.29) is 34.3 Å². The molecule has 5 nitrogen and oxygen atoms in total. The van der Waals surface area contributed by atoms with Crippen LogP contribution in [0.4, 0.5) is 18.9 Å². The molecular formula is C21H24F3N5S. The molecule has 1 saturated heterocycles. The number of benzene rings is 2. The Morgan fingerprint density at radius 2 is 1.80 bits per heavy atom. The zero-order chi connectivity index (χ0) is 21.8. The Bertz CT molecular complexity index is 940. The van der Waals surface area contributed by atoms with Crippen molar-refractivity contribution in [1.82, 2.24) is 10.3 Å². The largest absolute Gasteiger partial charge is 0.375 e. The van der Waals surface area contributed by atoms with Crippen LogP contribution in [0.25, 0.3) is 0 Å². The third-order valence-electron chi connectivity index (χ3n) is 5.20. The van der Waals surface area contributed by atoms with Gasteiger partial charge in [0, 0.05) is 48.9 Å². The van der Waals surface area contributed by atoms with Crippen LogP contribution in [0.2, 0.25) is 0 Å². The molecule has 0 spiro atoms. The minimum atomic E-state index is -0.603. The molecule has 0 bridgehead atoms. The molecule has 1 fully saturated rings. The van der Waals surface area contributed by atoms with E-state index in [0.29, 0.717) is 25.2 Å². The van der Waals surface area contributed by atoms with Crippen LogP contribution in [-0.2, 0) is 6.54 Å².